The number of hydrogen-bond acceptors (Lipinski definition) is 5. The van der Waals surface area contributed by atoms with Crippen LogP contribution in [0.3, 0.4) is 0 Å². The average molecular weight is 477 g/mol. The van der Waals surface area contributed by atoms with Gasteiger partial charge in [-0.1, -0.05) is 61.9 Å². The third-order valence-electron chi connectivity index (χ3n) is 6.03. The highest BCUT2D eigenvalue weighted by atomic mass is 16.5. The first kappa shape index (κ1) is 24.0. The number of hydrogen-bond donors (Lipinski definition) is 3. The van der Waals surface area contributed by atoms with Gasteiger partial charge in [0.1, 0.15) is 12.2 Å². The molecular formula is C26H28N4O5. The monoisotopic (exact) mass is 476 g/mol. The van der Waals surface area contributed by atoms with Crippen molar-refractivity contribution in [3.63, 3.8) is 0 Å². The number of aryl methyl sites for hydroxylation is 1. The van der Waals surface area contributed by atoms with Crippen LogP contribution in [0.1, 0.15) is 53.6 Å². The summed E-state index contributed by atoms with van der Waals surface area (Å²) >= 11 is 0. The summed E-state index contributed by atoms with van der Waals surface area (Å²) in [6, 6.07) is 15.6. The molecular weight excluding hydrogens is 448 g/mol. The van der Waals surface area contributed by atoms with Crippen molar-refractivity contribution in [1.82, 2.24) is 15.1 Å². The Kier molecular flexibility index (Phi) is 7.14. The zero-order chi connectivity index (χ0) is 24.9. The summed E-state index contributed by atoms with van der Waals surface area (Å²) in [5.74, 6) is -1.54. The number of rotatable bonds is 9. The van der Waals surface area contributed by atoms with E-state index in [2.05, 4.69) is 27.9 Å². The van der Waals surface area contributed by atoms with Crippen LogP contribution in [0.15, 0.2) is 54.7 Å². The molecule has 0 unspecified atom stereocenters. The highest BCUT2D eigenvalue weighted by molar-refractivity contribution is 6.01. The lowest BCUT2D eigenvalue weighted by Gasteiger charge is -2.16. The Balaban J connectivity index is 1.43. The predicted molar refractivity (Wildman–Crippen MR) is 130 cm³/mol. The number of carboxylic acids is 1. The van der Waals surface area contributed by atoms with Crippen molar-refractivity contribution in [2.75, 3.05) is 11.9 Å². The zero-order valence-corrected chi connectivity index (χ0v) is 19.7. The molecule has 182 valence electrons. The van der Waals surface area contributed by atoms with Crippen LogP contribution < -0.4 is 10.6 Å². The number of carbonyl (C=O) groups excluding carboxylic acids is 2. The molecule has 0 spiro atoms. The lowest BCUT2D eigenvalue weighted by atomic mass is 9.98. The minimum Gasteiger partial charge on any atom is -0.481 e. The molecule has 2 aromatic carbocycles. The molecule has 3 aromatic rings. The van der Waals surface area contributed by atoms with E-state index in [1.54, 1.807) is 7.05 Å². The fraction of sp³-hybridized carbons (Fsp3) is 0.308. The molecule has 0 saturated heterocycles. The molecule has 1 atom stereocenters. The minimum absolute atomic E-state index is 0.0489. The van der Waals surface area contributed by atoms with Gasteiger partial charge in [-0.25, -0.2) is 4.79 Å². The van der Waals surface area contributed by atoms with Crippen molar-refractivity contribution in [1.29, 1.82) is 0 Å². The van der Waals surface area contributed by atoms with Crippen LogP contribution in [0.2, 0.25) is 0 Å². The van der Waals surface area contributed by atoms with Crippen molar-refractivity contribution in [3.05, 3.63) is 71.4 Å². The summed E-state index contributed by atoms with van der Waals surface area (Å²) in [7, 11) is 1.63. The standard InChI is InChI=1S/C26H28N4O5/c1-3-8-16(13-23(31)32)27-25(33)21-14-30(2)29-24(21)28-26(34)35-15-22-19-11-6-4-9-17(19)18-10-5-7-12-20(18)22/h4-7,9-12,14,16,22H,3,8,13,15H2,1-2H3,(H,27,33)(H,31,32)(H,28,29,34)/t16-/m0/s1. The lowest BCUT2D eigenvalue weighted by Crippen LogP contribution is -2.36. The van der Waals surface area contributed by atoms with Crippen LogP contribution >= 0.6 is 0 Å². The van der Waals surface area contributed by atoms with Gasteiger partial charge in [0.2, 0.25) is 0 Å². The van der Waals surface area contributed by atoms with Gasteiger partial charge in [-0.2, -0.15) is 5.10 Å². The molecule has 4 rings (SSSR count). The Hall–Kier alpha value is -4.14. The van der Waals surface area contributed by atoms with Crippen LogP contribution in [0.5, 0.6) is 0 Å². The highest BCUT2D eigenvalue weighted by Crippen LogP contribution is 2.44. The predicted octanol–water partition coefficient (Wildman–Crippen LogP) is 4.15. The second kappa shape index (κ2) is 10.4. The summed E-state index contributed by atoms with van der Waals surface area (Å²) in [6.07, 6.45) is 1.80. The molecule has 2 amide bonds. The van der Waals surface area contributed by atoms with Gasteiger partial charge < -0.3 is 15.2 Å². The van der Waals surface area contributed by atoms with Crippen molar-refractivity contribution < 1.29 is 24.2 Å². The van der Waals surface area contributed by atoms with E-state index in [0.717, 1.165) is 28.7 Å². The molecule has 35 heavy (non-hydrogen) atoms. The smallest absolute Gasteiger partial charge is 0.412 e. The van der Waals surface area contributed by atoms with E-state index in [4.69, 9.17) is 9.84 Å². The molecule has 9 heteroatoms. The zero-order valence-electron chi connectivity index (χ0n) is 19.7. The van der Waals surface area contributed by atoms with Crippen LogP contribution in [0.25, 0.3) is 11.1 Å². The summed E-state index contributed by atoms with van der Waals surface area (Å²) in [4.78, 5) is 36.6. The SMILES string of the molecule is CCC[C@@H](CC(=O)O)NC(=O)c1cn(C)nc1NC(=O)OCC1c2ccccc2-c2ccccc21. The molecule has 3 N–H and O–H groups in total. The number of aromatic nitrogens is 2. The van der Waals surface area contributed by atoms with Crippen molar-refractivity contribution in [2.24, 2.45) is 7.05 Å². The number of carbonyl (C=O) groups is 3. The molecule has 1 heterocycles. The van der Waals surface area contributed by atoms with Gasteiger partial charge >= 0.3 is 12.1 Å². The molecule has 1 aliphatic rings. The quantitative estimate of drug-likeness (QED) is 0.426. The van der Waals surface area contributed by atoms with Gasteiger partial charge in [-0.15, -0.1) is 0 Å². The van der Waals surface area contributed by atoms with Gasteiger partial charge in [0.15, 0.2) is 5.82 Å². The van der Waals surface area contributed by atoms with Crippen LogP contribution in [0.4, 0.5) is 10.6 Å². The summed E-state index contributed by atoms with van der Waals surface area (Å²) in [5, 5.41) is 18.6. The van der Waals surface area contributed by atoms with Crippen molar-refractivity contribution >= 4 is 23.8 Å². The Morgan fingerprint density at radius 2 is 1.71 bits per heavy atom. The molecule has 0 saturated carbocycles. The molecule has 1 aromatic heterocycles. The number of nitrogens with one attached hydrogen (secondary N) is 2. The van der Waals surface area contributed by atoms with Crippen LogP contribution in [-0.2, 0) is 16.6 Å². The van der Waals surface area contributed by atoms with Gasteiger partial charge in [-0.05, 0) is 28.7 Å². The molecule has 9 nitrogen and oxygen atoms in total. The first-order chi connectivity index (χ1) is 16.9. The first-order valence-electron chi connectivity index (χ1n) is 11.6. The van der Waals surface area contributed by atoms with E-state index in [1.165, 1.54) is 10.9 Å². The fourth-order valence-corrected chi connectivity index (χ4v) is 4.53. The second-order valence-electron chi connectivity index (χ2n) is 8.57. The van der Waals surface area contributed by atoms with Crippen molar-refractivity contribution in [2.45, 2.75) is 38.1 Å². The summed E-state index contributed by atoms with van der Waals surface area (Å²) in [6.45, 7) is 2.04. The maximum absolute atomic E-state index is 12.8. The molecule has 0 aliphatic heterocycles. The van der Waals surface area contributed by atoms with E-state index in [9.17, 15) is 14.4 Å². The molecule has 1 aliphatic carbocycles. The summed E-state index contributed by atoms with van der Waals surface area (Å²) < 4.78 is 6.95. The number of fused-ring (bicyclic) bond motifs is 3. The van der Waals surface area contributed by atoms with Crippen molar-refractivity contribution in [3.8, 4) is 11.1 Å². The third kappa shape index (κ3) is 5.34. The number of anilines is 1. The highest BCUT2D eigenvalue weighted by Gasteiger charge is 2.29. The van der Waals surface area contributed by atoms with Crippen LogP contribution in [-0.4, -0.2) is 45.5 Å². The Morgan fingerprint density at radius 1 is 1.09 bits per heavy atom. The largest absolute Gasteiger partial charge is 0.481 e. The van der Waals surface area contributed by atoms with Gasteiger partial charge in [-0.3, -0.25) is 19.6 Å². The number of benzene rings is 2. The van der Waals surface area contributed by atoms with Gasteiger partial charge in [0, 0.05) is 25.2 Å². The number of nitrogens with zero attached hydrogens (tertiary/aromatic N) is 2. The van der Waals surface area contributed by atoms with Gasteiger partial charge in [0.25, 0.3) is 5.91 Å². The number of carboxylic acid groups (broad SMARTS) is 1. The molecule has 0 fully saturated rings. The minimum atomic E-state index is -0.994. The average Bonchev–Trinajstić information content (AvgIpc) is 3.35. The van der Waals surface area contributed by atoms with E-state index in [1.807, 2.05) is 43.3 Å². The van der Waals surface area contributed by atoms with Gasteiger partial charge in [0.05, 0.1) is 6.42 Å². The lowest BCUT2D eigenvalue weighted by molar-refractivity contribution is -0.137. The maximum Gasteiger partial charge on any atom is 0.412 e. The Morgan fingerprint density at radius 3 is 2.31 bits per heavy atom. The molecule has 0 bridgehead atoms. The van der Waals surface area contributed by atoms with Crippen LogP contribution in [0, 0.1) is 0 Å². The van der Waals surface area contributed by atoms with E-state index >= 15 is 0 Å². The first-order valence-corrected chi connectivity index (χ1v) is 11.6. The molecule has 0 radical (unpaired) electrons. The fourth-order valence-electron chi connectivity index (χ4n) is 4.53. The maximum atomic E-state index is 12.8. The van der Waals surface area contributed by atoms with E-state index < -0.39 is 24.0 Å². The summed E-state index contributed by atoms with van der Waals surface area (Å²) in [5.41, 5.74) is 4.58. The normalized spacial score (nSPS) is 13.0. The topological polar surface area (TPSA) is 123 Å². The number of aliphatic carboxylic acids is 1. The Labute approximate surface area is 203 Å². The van der Waals surface area contributed by atoms with E-state index in [-0.39, 0.29) is 30.3 Å². The number of amides is 2. The second-order valence-corrected chi connectivity index (χ2v) is 8.57. The number of ether oxygens (including phenoxy) is 1. The van der Waals surface area contributed by atoms with E-state index in [0.29, 0.717) is 6.42 Å². The Bertz CT molecular complexity index is 1210. The third-order valence-corrected chi connectivity index (χ3v) is 6.03.